The lowest BCUT2D eigenvalue weighted by Gasteiger charge is -2.07. The van der Waals surface area contributed by atoms with Crippen molar-refractivity contribution in [1.82, 2.24) is 0 Å². The van der Waals surface area contributed by atoms with E-state index in [1.807, 2.05) is 13.8 Å². The highest BCUT2D eigenvalue weighted by Gasteiger charge is 2.27. The van der Waals surface area contributed by atoms with Gasteiger partial charge in [-0.3, -0.25) is 0 Å². The molecule has 1 aromatic rings. The Morgan fingerprint density at radius 1 is 1.43 bits per heavy atom. The molecule has 1 aromatic carbocycles. The second-order valence-electron chi connectivity index (χ2n) is 3.67. The summed E-state index contributed by atoms with van der Waals surface area (Å²) >= 11 is 0. The molecular formula is C11H12O3. The molecule has 0 spiro atoms. The molecule has 74 valence electrons. The fourth-order valence-electron chi connectivity index (χ4n) is 1.70. The van der Waals surface area contributed by atoms with Crippen LogP contribution < -0.4 is 4.74 Å². The smallest absolute Gasteiger partial charge is 0.335 e. The molecule has 2 atom stereocenters. The average Bonchev–Trinajstić information content (AvgIpc) is 2.43. The van der Waals surface area contributed by atoms with E-state index in [1.165, 1.54) is 0 Å². The van der Waals surface area contributed by atoms with Crippen LogP contribution in [0.2, 0.25) is 0 Å². The summed E-state index contributed by atoms with van der Waals surface area (Å²) in [6.45, 7) is 4.03. The maximum atomic E-state index is 10.7. The minimum atomic E-state index is -0.889. The Labute approximate surface area is 82.3 Å². The van der Waals surface area contributed by atoms with Gasteiger partial charge in [0.15, 0.2) is 0 Å². The molecule has 0 amide bonds. The predicted octanol–water partition coefficient (Wildman–Crippen LogP) is 2.27. The lowest BCUT2D eigenvalue weighted by atomic mass is 9.97. The number of carbonyl (C=O) groups is 1. The normalized spacial score (nSPS) is 24.1. The summed E-state index contributed by atoms with van der Waals surface area (Å²) < 4.78 is 5.56. The van der Waals surface area contributed by atoms with Gasteiger partial charge in [0, 0.05) is 11.5 Å². The number of rotatable bonds is 1. The molecule has 1 N–H and O–H groups in total. The van der Waals surface area contributed by atoms with Crippen LogP contribution in [0.15, 0.2) is 18.2 Å². The summed E-state index contributed by atoms with van der Waals surface area (Å²) in [5.41, 5.74) is 1.32. The van der Waals surface area contributed by atoms with Gasteiger partial charge in [-0.15, -0.1) is 0 Å². The molecule has 0 bridgehead atoms. The number of carboxylic acid groups (broad SMARTS) is 1. The Hall–Kier alpha value is -1.51. The van der Waals surface area contributed by atoms with Crippen LogP contribution >= 0.6 is 0 Å². The molecule has 0 aliphatic carbocycles. The van der Waals surface area contributed by atoms with Gasteiger partial charge >= 0.3 is 5.97 Å². The molecular weight excluding hydrogens is 180 g/mol. The second kappa shape index (κ2) is 3.01. The van der Waals surface area contributed by atoms with E-state index in [0.29, 0.717) is 5.56 Å². The quantitative estimate of drug-likeness (QED) is 0.742. The average molecular weight is 192 g/mol. The first-order chi connectivity index (χ1) is 6.59. The van der Waals surface area contributed by atoms with Gasteiger partial charge in [0.2, 0.25) is 0 Å². The van der Waals surface area contributed by atoms with Gasteiger partial charge in [-0.05, 0) is 25.1 Å². The van der Waals surface area contributed by atoms with Crippen LogP contribution in [0.5, 0.6) is 5.75 Å². The van der Waals surface area contributed by atoms with Crippen LogP contribution in [0.3, 0.4) is 0 Å². The summed E-state index contributed by atoms with van der Waals surface area (Å²) in [4.78, 5) is 10.7. The Bertz CT molecular complexity index is 384. The number of hydrogen-bond donors (Lipinski definition) is 1. The third kappa shape index (κ3) is 1.25. The Balaban J connectivity index is 2.46. The SMILES string of the molecule is CC1Oc2ccc(C(=O)O)cc2C1C. The summed E-state index contributed by atoms with van der Waals surface area (Å²) in [5.74, 6) is 0.193. The van der Waals surface area contributed by atoms with Crippen LogP contribution in [0.25, 0.3) is 0 Å². The summed E-state index contributed by atoms with van der Waals surface area (Å²) in [6, 6.07) is 5.01. The molecule has 0 saturated carbocycles. The lowest BCUT2D eigenvalue weighted by molar-refractivity contribution is 0.0697. The summed E-state index contributed by atoms with van der Waals surface area (Å²) in [5, 5.41) is 8.83. The first-order valence-electron chi connectivity index (χ1n) is 4.63. The van der Waals surface area contributed by atoms with Crippen molar-refractivity contribution < 1.29 is 14.6 Å². The fourth-order valence-corrected chi connectivity index (χ4v) is 1.70. The number of hydrogen-bond acceptors (Lipinski definition) is 2. The van der Waals surface area contributed by atoms with E-state index in [4.69, 9.17) is 9.84 Å². The largest absolute Gasteiger partial charge is 0.490 e. The second-order valence-corrected chi connectivity index (χ2v) is 3.67. The third-order valence-corrected chi connectivity index (χ3v) is 2.76. The Kier molecular flexibility index (Phi) is 1.95. The van der Waals surface area contributed by atoms with Crippen molar-refractivity contribution in [2.24, 2.45) is 0 Å². The molecule has 1 aliphatic heterocycles. The molecule has 1 aliphatic rings. The van der Waals surface area contributed by atoms with Crippen molar-refractivity contribution >= 4 is 5.97 Å². The number of aromatic carboxylic acids is 1. The van der Waals surface area contributed by atoms with Gasteiger partial charge in [-0.2, -0.15) is 0 Å². The number of carboxylic acids is 1. The molecule has 2 unspecified atom stereocenters. The zero-order chi connectivity index (χ0) is 10.3. The molecule has 0 fully saturated rings. The van der Waals surface area contributed by atoms with Crippen LogP contribution in [-0.2, 0) is 0 Å². The molecule has 14 heavy (non-hydrogen) atoms. The van der Waals surface area contributed by atoms with E-state index in [2.05, 4.69) is 0 Å². The molecule has 2 rings (SSSR count). The van der Waals surface area contributed by atoms with Crippen LogP contribution in [-0.4, -0.2) is 17.2 Å². The number of fused-ring (bicyclic) bond motifs is 1. The standard InChI is InChI=1S/C11H12O3/c1-6-7(2)14-10-4-3-8(11(12)13)5-9(6)10/h3-7H,1-2H3,(H,12,13). The van der Waals surface area contributed by atoms with E-state index in [-0.39, 0.29) is 12.0 Å². The van der Waals surface area contributed by atoms with Crippen molar-refractivity contribution in [1.29, 1.82) is 0 Å². The minimum Gasteiger partial charge on any atom is -0.490 e. The fraction of sp³-hybridized carbons (Fsp3) is 0.364. The minimum absolute atomic E-state index is 0.133. The highest BCUT2D eigenvalue weighted by atomic mass is 16.5. The van der Waals surface area contributed by atoms with E-state index in [9.17, 15) is 4.79 Å². The zero-order valence-corrected chi connectivity index (χ0v) is 8.15. The van der Waals surface area contributed by atoms with E-state index >= 15 is 0 Å². The van der Waals surface area contributed by atoms with Crippen LogP contribution in [0, 0.1) is 0 Å². The third-order valence-electron chi connectivity index (χ3n) is 2.76. The van der Waals surface area contributed by atoms with Gasteiger partial charge in [0.05, 0.1) is 5.56 Å². The maximum Gasteiger partial charge on any atom is 0.335 e. The lowest BCUT2D eigenvalue weighted by Crippen LogP contribution is -2.10. The van der Waals surface area contributed by atoms with Crippen LogP contribution in [0.4, 0.5) is 0 Å². The van der Waals surface area contributed by atoms with Crippen molar-refractivity contribution in [3.05, 3.63) is 29.3 Å². The highest BCUT2D eigenvalue weighted by molar-refractivity contribution is 5.88. The van der Waals surface area contributed by atoms with Crippen molar-refractivity contribution in [2.45, 2.75) is 25.9 Å². The van der Waals surface area contributed by atoms with E-state index in [1.54, 1.807) is 18.2 Å². The summed E-state index contributed by atoms with van der Waals surface area (Å²) in [6.07, 6.45) is 0.133. The van der Waals surface area contributed by atoms with Crippen LogP contribution in [0.1, 0.15) is 35.7 Å². The van der Waals surface area contributed by atoms with Gasteiger partial charge in [0.25, 0.3) is 0 Å². The summed E-state index contributed by atoms with van der Waals surface area (Å²) in [7, 11) is 0. The van der Waals surface area contributed by atoms with E-state index in [0.717, 1.165) is 11.3 Å². The topological polar surface area (TPSA) is 46.5 Å². The van der Waals surface area contributed by atoms with Gasteiger partial charge < -0.3 is 9.84 Å². The van der Waals surface area contributed by atoms with Gasteiger partial charge in [-0.25, -0.2) is 4.79 Å². The molecule has 1 heterocycles. The maximum absolute atomic E-state index is 10.7. The highest BCUT2D eigenvalue weighted by Crippen LogP contribution is 2.38. The zero-order valence-electron chi connectivity index (χ0n) is 8.15. The first kappa shape index (κ1) is 9.06. The Morgan fingerprint density at radius 3 is 2.79 bits per heavy atom. The van der Waals surface area contributed by atoms with E-state index < -0.39 is 5.97 Å². The molecule has 0 radical (unpaired) electrons. The first-order valence-corrected chi connectivity index (χ1v) is 4.63. The van der Waals surface area contributed by atoms with Gasteiger partial charge in [0.1, 0.15) is 11.9 Å². The predicted molar refractivity (Wildman–Crippen MR) is 51.9 cm³/mol. The van der Waals surface area contributed by atoms with Crippen molar-refractivity contribution in [2.75, 3.05) is 0 Å². The number of benzene rings is 1. The van der Waals surface area contributed by atoms with Crippen molar-refractivity contribution in [3.8, 4) is 5.75 Å². The number of ether oxygens (including phenoxy) is 1. The molecule has 0 saturated heterocycles. The monoisotopic (exact) mass is 192 g/mol. The van der Waals surface area contributed by atoms with Crippen molar-refractivity contribution in [3.63, 3.8) is 0 Å². The molecule has 3 heteroatoms. The molecule has 0 aromatic heterocycles. The molecule has 3 nitrogen and oxygen atoms in total. The Morgan fingerprint density at radius 2 is 2.14 bits per heavy atom. The van der Waals surface area contributed by atoms with Gasteiger partial charge in [-0.1, -0.05) is 6.92 Å².